The van der Waals surface area contributed by atoms with Gasteiger partial charge in [-0.05, 0) is 44.3 Å². The van der Waals surface area contributed by atoms with E-state index in [0.29, 0.717) is 6.42 Å². The molecule has 158 valence electrons. The number of benzene rings is 2. The van der Waals surface area contributed by atoms with Crippen molar-refractivity contribution in [2.75, 3.05) is 26.4 Å². The van der Waals surface area contributed by atoms with Crippen molar-refractivity contribution in [1.29, 1.82) is 0 Å². The maximum atomic E-state index is 13.2. The van der Waals surface area contributed by atoms with Gasteiger partial charge in [-0.2, -0.15) is 0 Å². The summed E-state index contributed by atoms with van der Waals surface area (Å²) < 4.78 is 6.44. The number of carbonyl (C=O) groups excluding carboxylic acids is 1. The molecule has 0 radical (unpaired) electrons. The molecule has 1 spiro atoms. The minimum absolute atomic E-state index is 0.0910. The van der Waals surface area contributed by atoms with Crippen molar-refractivity contribution < 1.29 is 14.5 Å². The third-order valence-corrected chi connectivity index (χ3v) is 6.77. The van der Waals surface area contributed by atoms with Crippen molar-refractivity contribution in [3.8, 4) is 5.75 Å². The number of amides is 1. The fourth-order valence-electron chi connectivity index (χ4n) is 4.30. The summed E-state index contributed by atoms with van der Waals surface area (Å²) in [6.07, 6.45) is 4.29. The van der Waals surface area contributed by atoms with Crippen LogP contribution in [0.3, 0.4) is 0 Å². The van der Waals surface area contributed by atoms with Gasteiger partial charge >= 0.3 is 0 Å². The lowest BCUT2D eigenvalue weighted by Gasteiger charge is -2.46. The van der Waals surface area contributed by atoms with Crippen LogP contribution >= 0.6 is 11.8 Å². The lowest BCUT2D eigenvalue weighted by atomic mass is 9.80. The molecular formula is C22H25N3O4S. The summed E-state index contributed by atoms with van der Waals surface area (Å²) in [5.74, 6) is 0.355. The number of rotatable bonds is 4. The van der Waals surface area contributed by atoms with Gasteiger partial charge in [-0.25, -0.2) is 0 Å². The van der Waals surface area contributed by atoms with Crippen LogP contribution < -0.4 is 10.1 Å². The number of piperidine rings is 1. The first kappa shape index (κ1) is 20.7. The number of carbonyl (C=O) groups is 1. The largest absolute Gasteiger partial charge is 0.487 e. The smallest absolute Gasteiger partial charge is 0.282 e. The SMILES string of the molecule is CSc1ccc([N+](=O)[O-])c(C(=O)NC2CC3(CCN(C)CC3)Oc3ccccc32)c1. The standard InChI is InChI=1S/C22H25N3O4S/c1-24-11-9-22(10-12-24)14-18(16-5-3-4-6-20(16)29-22)23-21(26)17-13-15(30-2)7-8-19(17)25(27)28/h3-8,13,18H,9-12,14H2,1-2H3,(H,23,26). The number of nitrogens with zero attached hydrogens (tertiary/aromatic N) is 2. The molecule has 1 N–H and O–H groups in total. The number of para-hydroxylation sites is 1. The fraction of sp³-hybridized carbons (Fsp3) is 0.409. The maximum Gasteiger partial charge on any atom is 0.282 e. The normalized spacial score (nSPS) is 20.3. The number of ether oxygens (including phenoxy) is 1. The zero-order chi connectivity index (χ0) is 21.3. The summed E-state index contributed by atoms with van der Waals surface area (Å²) in [5, 5.41) is 14.6. The second-order valence-electron chi connectivity index (χ2n) is 8.00. The fourth-order valence-corrected chi connectivity index (χ4v) is 4.74. The predicted molar refractivity (Wildman–Crippen MR) is 116 cm³/mol. The first-order valence-corrected chi connectivity index (χ1v) is 11.2. The molecule has 2 aliphatic heterocycles. The topological polar surface area (TPSA) is 84.7 Å². The first-order chi connectivity index (χ1) is 14.4. The van der Waals surface area contributed by atoms with Gasteiger partial charge in [-0.15, -0.1) is 11.8 Å². The van der Waals surface area contributed by atoms with E-state index in [-0.39, 0.29) is 22.9 Å². The van der Waals surface area contributed by atoms with E-state index < -0.39 is 10.8 Å². The Morgan fingerprint density at radius 2 is 2.00 bits per heavy atom. The third-order valence-electron chi connectivity index (χ3n) is 6.05. The Bertz CT molecular complexity index is 973. The lowest BCUT2D eigenvalue weighted by Crippen LogP contribution is -2.51. The summed E-state index contributed by atoms with van der Waals surface area (Å²) in [7, 11) is 2.10. The van der Waals surface area contributed by atoms with Crippen molar-refractivity contribution >= 4 is 23.4 Å². The second-order valence-corrected chi connectivity index (χ2v) is 8.88. The lowest BCUT2D eigenvalue weighted by molar-refractivity contribution is -0.385. The summed E-state index contributed by atoms with van der Waals surface area (Å²) in [4.78, 5) is 27.2. The van der Waals surface area contributed by atoms with E-state index in [0.717, 1.165) is 42.1 Å². The third kappa shape index (κ3) is 4.02. The summed E-state index contributed by atoms with van der Waals surface area (Å²) in [6.45, 7) is 1.87. The Hall–Kier alpha value is -2.58. The van der Waals surface area contributed by atoms with Crippen LogP contribution in [-0.4, -0.2) is 47.7 Å². The molecule has 7 nitrogen and oxygen atoms in total. The molecule has 1 fully saturated rings. The van der Waals surface area contributed by atoms with E-state index in [1.165, 1.54) is 17.8 Å². The van der Waals surface area contributed by atoms with Crippen LogP contribution in [0.4, 0.5) is 5.69 Å². The van der Waals surface area contributed by atoms with Gasteiger partial charge in [-0.3, -0.25) is 14.9 Å². The second kappa shape index (κ2) is 8.28. The molecule has 1 amide bonds. The molecule has 2 aromatic rings. The van der Waals surface area contributed by atoms with Crippen LogP contribution in [0.2, 0.25) is 0 Å². The highest BCUT2D eigenvalue weighted by Crippen LogP contribution is 2.44. The highest BCUT2D eigenvalue weighted by Gasteiger charge is 2.43. The van der Waals surface area contributed by atoms with E-state index in [2.05, 4.69) is 17.3 Å². The molecule has 2 heterocycles. The van der Waals surface area contributed by atoms with Gasteiger partial charge in [0.2, 0.25) is 0 Å². The van der Waals surface area contributed by atoms with Crippen LogP contribution in [0.1, 0.15) is 41.2 Å². The van der Waals surface area contributed by atoms with Crippen LogP contribution in [-0.2, 0) is 0 Å². The van der Waals surface area contributed by atoms with Crippen molar-refractivity contribution in [1.82, 2.24) is 10.2 Å². The summed E-state index contributed by atoms with van der Waals surface area (Å²) in [6, 6.07) is 12.1. The Kier molecular flexibility index (Phi) is 5.71. The monoisotopic (exact) mass is 427 g/mol. The molecule has 0 bridgehead atoms. The van der Waals surface area contributed by atoms with Gasteiger partial charge in [-0.1, -0.05) is 18.2 Å². The van der Waals surface area contributed by atoms with E-state index in [9.17, 15) is 14.9 Å². The Labute approximate surface area is 179 Å². The molecule has 1 atom stereocenters. The van der Waals surface area contributed by atoms with Gasteiger partial charge < -0.3 is 15.0 Å². The molecule has 2 aromatic carbocycles. The van der Waals surface area contributed by atoms with E-state index in [4.69, 9.17) is 4.74 Å². The Balaban J connectivity index is 1.65. The van der Waals surface area contributed by atoms with Crippen molar-refractivity contribution in [2.45, 2.75) is 35.8 Å². The van der Waals surface area contributed by atoms with Crippen LogP contribution in [0, 0.1) is 10.1 Å². The zero-order valence-electron chi connectivity index (χ0n) is 17.1. The number of nitrogens with one attached hydrogen (secondary N) is 1. The highest BCUT2D eigenvalue weighted by atomic mass is 32.2. The molecule has 0 aromatic heterocycles. The number of hydrogen-bond donors (Lipinski definition) is 1. The van der Waals surface area contributed by atoms with Crippen LogP contribution in [0.15, 0.2) is 47.4 Å². The quantitative estimate of drug-likeness (QED) is 0.450. The van der Waals surface area contributed by atoms with Gasteiger partial charge in [0.05, 0.1) is 11.0 Å². The van der Waals surface area contributed by atoms with Gasteiger partial charge in [0.25, 0.3) is 11.6 Å². The molecule has 1 saturated heterocycles. The van der Waals surface area contributed by atoms with Gasteiger partial charge in [0.1, 0.15) is 16.9 Å². The minimum atomic E-state index is -0.505. The predicted octanol–water partition coefficient (Wildman–Crippen LogP) is 4.03. The summed E-state index contributed by atoms with van der Waals surface area (Å²) >= 11 is 1.45. The van der Waals surface area contributed by atoms with Crippen molar-refractivity contribution in [3.05, 3.63) is 63.7 Å². The zero-order valence-corrected chi connectivity index (χ0v) is 17.9. The number of hydrogen-bond acceptors (Lipinski definition) is 6. The van der Waals surface area contributed by atoms with E-state index in [1.807, 2.05) is 30.5 Å². The molecule has 2 aliphatic rings. The number of nitro benzene ring substituents is 1. The van der Waals surface area contributed by atoms with Crippen molar-refractivity contribution in [3.63, 3.8) is 0 Å². The summed E-state index contributed by atoms with van der Waals surface area (Å²) in [5.41, 5.74) is 0.498. The van der Waals surface area contributed by atoms with Gasteiger partial charge in [0.15, 0.2) is 0 Å². The van der Waals surface area contributed by atoms with E-state index in [1.54, 1.807) is 12.1 Å². The Morgan fingerprint density at radius 1 is 1.27 bits per heavy atom. The maximum absolute atomic E-state index is 13.2. The number of nitro groups is 1. The number of likely N-dealkylation sites (tertiary alicyclic amines) is 1. The molecule has 4 rings (SSSR count). The minimum Gasteiger partial charge on any atom is -0.487 e. The average molecular weight is 428 g/mol. The Morgan fingerprint density at radius 3 is 2.70 bits per heavy atom. The molecule has 0 aliphatic carbocycles. The van der Waals surface area contributed by atoms with Crippen LogP contribution in [0.25, 0.3) is 0 Å². The number of thioether (sulfide) groups is 1. The highest BCUT2D eigenvalue weighted by molar-refractivity contribution is 7.98. The number of fused-ring (bicyclic) bond motifs is 1. The molecule has 0 saturated carbocycles. The molecular weight excluding hydrogens is 402 g/mol. The van der Waals surface area contributed by atoms with Crippen molar-refractivity contribution in [2.24, 2.45) is 0 Å². The average Bonchev–Trinajstić information content (AvgIpc) is 2.75. The van der Waals surface area contributed by atoms with E-state index >= 15 is 0 Å². The first-order valence-electron chi connectivity index (χ1n) is 10.0. The molecule has 30 heavy (non-hydrogen) atoms. The van der Waals surface area contributed by atoms with Crippen LogP contribution in [0.5, 0.6) is 5.75 Å². The van der Waals surface area contributed by atoms with Gasteiger partial charge in [0, 0.05) is 36.0 Å². The molecule has 8 heteroatoms. The molecule has 1 unspecified atom stereocenters.